The van der Waals surface area contributed by atoms with Gasteiger partial charge in [-0.2, -0.15) is 0 Å². The Morgan fingerprint density at radius 3 is 2.28 bits per heavy atom. The molecule has 1 saturated carbocycles. The molecule has 0 saturated heterocycles. The molecule has 1 atom stereocenters. The first kappa shape index (κ1) is 22.0. The minimum Gasteiger partial charge on any atom is -0.493 e. The highest BCUT2D eigenvalue weighted by Crippen LogP contribution is 2.32. The number of halogens is 2. The Balaban J connectivity index is 0.00000312. The predicted octanol–water partition coefficient (Wildman–Crippen LogP) is 2.45. The number of rotatable bonds is 7. The first-order valence-electron chi connectivity index (χ1n) is 8.07. The van der Waals surface area contributed by atoms with Gasteiger partial charge in [-0.25, -0.2) is 17.5 Å². The number of sulfonamides is 1. The van der Waals surface area contributed by atoms with Gasteiger partial charge in [0.1, 0.15) is 10.7 Å². The molecular formula is C16H26ClFN2O4S. The molecule has 0 aliphatic heterocycles. The van der Waals surface area contributed by atoms with E-state index in [1.54, 1.807) is 0 Å². The molecule has 0 aromatic heterocycles. The molecule has 0 heterocycles. The van der Waals surface area contributed by atoms with Crippen molar-refractivity contribution >= 4 is 22.4 Å². The molecular weight excluding hydrogens is 371 g/mol. The molecule has 0 amide bonds. The van der Waals surface area contributed by atoms with Crippen molar-refractivity contribution in [2.45, 2.75) is 43.0 Å². The van der Waals surface area contributed by atoms with Crippen molar-refractivity contribution in [3.05, 3.63) is 17.9 Å². The normalized spacial score (nSPS) is 16.8. The second-order valence-corrected chi connectivity index (χ2v) is 7.68. The van der Waals surface area contributed by atoms with Crippen LogP contribution in [0.4, 0.5) is 4.39 Å². The van der Waals surface area contributed by atoms with Gasteiger partial charge in [0.25, 0.3) is 0 Å². The molecule has 6 nitrogen and oxygen atoms in total. The molecule has 1 aliphatic carbocycles. The number of hydrogen-bond acceptors (Lipinski definition) is 5. The minimum atomic E-state index is -4.05. The molecule has 0 spiro atoms. The Bertz CT molecular complexity index is 666. The van der Waals surface area contributed by atoms with E-state index in [9.17, 15) is 12.8 Å². The fourth-order valence-corrected chi connectivity index (χ4v) is 4.57. The van der Waals surface area contributed by atoms with Gasteiger partial charge in [0.15, 0.2) is 11.5 Å². The summed E-state index contributed by atoms with van der Waals surface area (Å²) in [5.74, 6) is -0.417. The van der Waals surface area contributed by atoms with Crippen LogP contribution in [-0.2, 0) is 10.0 Å². The summed E-state index contributed by atoms with van der Waals surface area (Å²) in [6, 6.07) is 1.74. The maximum Gasteiger partial charge on any atom is 0.243 e. The number of hydrogen-bond donors (Lipinski definition) is 2. The van der Waals surface area contributed by atoms with Crippen molar-refractivity contribution in [2.75, 3.05) is 20.8 Å². The second-order valence-electron chi connectivity index (χ2n) is 6.00. The van der Waals surface area contributed by atoms with Gasteiger partial charge in [-0.3, -0.25) is 0 Å². The third-order valence-electron chi connectivity index (χ3n) is 4.51. The monoisotopic (exact) mass is 396 g/mol. The van der Waals surface area contributed by atoms with Crippen molar-refractivity contribution in [3.63, 3.8) is 0 Å². The van der Waals surface area contributed by atoms with Gasteiger partial charge in [-0.15, -0.1) is 12.4 Å². The van der Waals surface area contributed by atoms with E-state index in [0.717, 1.165) is 44.2 Å². The molecule has 25 heavy (non-hydrogen) atoms. The number of ether oxygens (including phenoxy) is 2. The second kappa shape index (κ2) is 9.56. The minimum absolute atomic E-state index is 0. The molecule has 3 N–H and O–H groups in total. The van der Waals surface area contributed by atoms with Gasteiger partial charge >= 0.3 is 0 Å². The molecule has 0 radical (unpaired) electrons. The van der Waals surface area contributed by atoms with Gasteiger partial charge < -0.3 is 15.2 Å². The van der Waals surface area contributed by atoms with Crippen LogP contribution in [0.15, 0.2) is 17.0 Å². The van der Waals surface area contributed by atoms with Gasteiger partial charge in [0.2, 0.25) is 10.0 Å². The maximum absolute atomic E-state index is 14.3. The van der Waals surface area contributed by atoms with E-state index < -0.39 is 26.8 Å². The van der Waals surface area contributed by atoms with E-state index in [4.69, 9.17) is 15.2 Å². The lowest BCUT2D eigenvalue weighted by atomic mass is 9.84. The summed E-state index contributed by atoms with van der Waals surface area (Å²) < 4.78 is 52.1. The van der Waals surface area contributed by atoms with Crippen LogP contribution < -0.4 is 19.9 Å². The Hall–Kier alpha value is -1.09. The standard InChI is InChI=1S/C16H25FN2O4S.ClH/c1-22-14-8-12(17)16(9-15(14)23-2)24(20,21)19-13(10-18)11-6-4-3-5-7-11;/h8-9,11,13,19H,3-7,10,18H2,1-2H3;1H. The molecule has 1 aliphatic rings. The van der Waals surface area contributed by atoms with Crippen molar-refractivity contribution in [2.24, 2.45) is 11.7 Å². The van der Waals surface area contributed by atoms with Crippen LogP contribution in [0.5, 0.6) is 11.5 Å². The Kier molecular flexibility index (Phi) is 8.40. The molecule has 144 valence electrons. The smallest absolute Gasteiger partial charge is 0.243 e. The van der Waals surface area contributed by atoms with Crippen molar-refractivity contribution < 1.29 is 22.3 Å². The number of nitrogens with two attached hydrogens (primary N) is 1. The van der Waals surface area contributed by atoms with E-state index in [0.29, 0.717) is 0 Å². The Morgan fingerprint density at radius 1 is 1.20 bits per heavy atom. The highest BCUT2D eigenvalue weighted by molar-refractivity contribution is 7.89. The first-order chi connectivity index (χ1) is 11.4. The lowest BCUT2D eigenvalue weighted by Crippen LogP contribution is -2.46. The molecule has 1 aromatic rings. The van der Waals surface area contributed by atoms with Crippen LogP contribution in [0.2, 0.25) is 0 Å². The SMILES string of the molecule is COc1cc(F)c(S(=O)(=O)NC(CN)C2CCCCC2)cc1OC.Cl. The van der Waals surface area contributed by atoms with Gasteiger partial charge in [-0.05, 0) is 18.8 Å². The average Bonchev–Trinajstić information content (AvgIpc) is 2.59. The van der Waals surface area contributed by atoms with E-state index in [2.05, 4.69) is 4.72 Å². The zero-order chi connectivity index (χ0) is 17.7. The summed E-state index contributed by atoms with van der Waals surface area (Å²) in [5, 5.41) is 0. The summed E-state index contributed by atoms with van der Waals surface area (Å²) >= 11 is 0. The van der Waals surface area contributed by atoms with Gasteiger partial charge in [0.05, 0.1) is 14.2 Å². The summed E-state index contributed by atoms with van der Waals surface area (Å²) in [6.07, 6.45) is 5.14. The highest BCUT2D eigenvalue weighted by Gasteiger charge is 2.30. The third-order valence-corrected chi connectivity index (χ3v) is 6.01. The quantitative estimate of drug-likeness (QED) is 0.738. The van der Waals surface area contributed by atoms with E-state index in [1.807, 2.05) is 0 Å². The van der Waals surface area contributed by atoms with Crippen LogP contribution in [0.3, 0.4) is 0 Å². The van der Waals surface area contributed by atoms with Gasteiger partial charge in [-0.1, -0.05) is 19.3 Å². The molecule has 9 heteroatoms. The zero-order valence-electron chi connectivity index (χ0n) is 14.5. The lowest BCUT2D eigenvalue weighted by Gasteiger charge is -2.30. The molecule has 1 aromatic carbocycles. The van der Waals surface area contributed by atoms with Crippen LogP contribution in [-0.4, -0.2) is 35.2 Å². The zero-order valence-corrected chi connectivity index (χ0v) is 16.1. The topological polar surface area (TPSA) is 90.7 Å². The molecule has 1 unspecified atom stereocenters. The largest absolute Gasteiger partial charge is 0.493 e. The van der Waals surface area contributed by atoms with Crippen LogP contribution in [0, 0.1) is 11.7 Å². The van der Waals surface area contributed by atoms with E-state index >= 15 is 0 Å². The van der Waals surface area contributed by atoms with Crippen LogP contribution >= 0.6 is 12.4 Å². The molecule has 2 rings (SSSR count). The average molecular weight is 397 g/mol. The summed E-state index contributed by atoms with van der Waals surface area (Å²) in [7, 11) is -1.33. The van der Waals surface area contributed by atoms with E-state index in [1.165, 1.54) is 14.2 Å². The lowest BCUT2D eigenvalue weighted by molar-refractivity contribution is 0.294. The third kappa shape index (κ3) is 5.20. The van der Waals surface area contributed by atoms with Gasteiger partial charge in [0, 0.05) is 24.7 Å². The van der Waals surface area contributed by atoms with Crippen molar-refractivity contribution in [1.82, 2.24) is 4.72 Å². The summed E-state index contributed by atoms with van der Waals surface area (Å²) in [4.78, 5) is -0.464. The molecule has 1 fully saturated rings. The number of nitrogens with one attached hydrogen (secondary N) is 1. The van der Waals surface area contributed by atoms with E-state index in [-0.39, 0.29) is 36.4 Å². The summed E-state index contributed by atoms with van der Waals surface area (Å²) in [6.45, 7) is 0.179. The highest BCUT2D eigenvalue weighted by atomic mass is 35.5. The van der Waals surface area contributed by atoms with Crippen molar-refractivity contribution in [1.29, 1.82) is 0 Å². The fourth-order valence-electron chi connectivity index (χ4n) is 3.18. The predicted molar refractivity (Wildman–Crippen MR) is 96.5 cm³/mol. The number of benzene rings is 1. The number of methoxy groups -OCH3 is 2. The fraction of sp³-hybridized carbons (Fsp3) is 0.625. The van der Waals surface area contributed by atoms with Crippen molar-refractivity contribution in [3.8, 4) is 11.5 Å². The van der Waals surface area contributed by atoms with Crippen LogP contribution in [0.1, 0.15) is 32.1 Å². The first-order valence-corrected chi connectivity index (χ1v) is 9.55. The maximum atomic E-state index is 14.3. The molecule has 0 bridgehead atoms. The Morgan fingerprint density at radius 2 is 1.76 bits per heavy atom. The Labute approximate surface area is 154 Å². The van der Waals surface area contributed by atoms with Crippen LogP contribution in [0.25, 0.3) is 0 Å². The summed E-state index contributed by atoms with van der Waals surface area (Å²) in [5.41, 5.74) is 5.76.